The Morgan fingerprint density at radius 1 is 0.938 bits per heavy atom. The highest BCUT2D eigenvalue weighted by atomic mass is 127. The summed E-state index contributed by atoms with van der Waals surface area (Å²) < 4.78 is 22.1. The van der Waals surface area contributed by atoms with Crippen molar-refractivity contribution in [2.45, 2.75) is 27.0 Å². The van der Waals surface area contributed by atoms with E-state index >= 15 is 0 Å². The predicted molar refractivity (Wildman–Crippen MR) is 140 cm³/mol. The van der Waals surface area contributed by atoms with Gasteiger partial charge in [0.25, 0.3) is 0 Å². The van der Waals surface area contributed by atoms with Gasteiger partial charge in [-0.2, -0.15) is 0 Å². The normalized spacial score (nSPS) is 11.8. The van der Waals surface area contributed by atoms with Gasteiger partial charge in [0.2, 0.25) is 5.75 Å². The van der Waals surface area contributed by atoms with Crippen LogP contribution in [-0.2, 0) is 17.9 Å². The quantitative estimate of drug-likeness (QED) is 0.231. The van der Waals surface area contributed by atoms with E-state index < -0.39 is 0 Å². The summed E-state index contributed by atoms with van der Waals surface area (Å²) in [6, 6.07) is 14.0. The van der Waals surface area contributed by atoms with Crippen molar-refractivity contribution in [1.29, 1.82) is 0 Å². The number of hydrogen-bond acceptors (Lipinski definition) is 5. The Bertz CT molecular complexity index is 793. The Hall–Kier alpha value is -2.20. The third kappa shape index (κ3) is 9.12. The van der Waals surface area contributed by atoms with Gasteiger partial charge in [-0.25, -0.2) is 4.99 Å². The number of methoxy groups -OCH3 is 3. The average Bonchev–Trinajstić information content (AvgIpc) is 2.80. The highest BCUT2D eigenvalue weighted by Crippen LogP contribution is 2.38. The van der Waals surface area contributed by atoms with Gasteiger partial charge in [0.15, 0.2) is 17.5 Å². The van der Waals surface area contributed by atoms with Crippen LogP contribution in [0.2, 0.25) is 0 Å². The molecule has 0 radical (unpaired) electrons. The molecule has 2 N–H and O–H groups in total. The number of nitrogens with one attached hydrogen (secondary N) is 2. The molecule has 0 saturated heterocycles. The Morgan fingerprint density at radius 2 is 1.59 bits per heavy atom. The van der Waals surface area contributed by atoms with E-state index in [-0.39, 0.29) is 24.0 Å². The average molecular weight is 557 g/mol. The van der Waals surface area contributed by atoms with Gasteiger partial charge in [-0.15, -0.1) is 24.0 Å². The molecule has 0 saturated carbocycles. The maximum Gasteiger partial charge on any atom is 0.203 e. The second-order valence-corrected chi connectivity index (χ2v) is 7.22. The third-order valence-electron chi connectivity index (χ3n) is 4.62. The fourth-order valence-corrected chi connectivity index (χ4v) is 3.02. The van der Waals surface area contributed by atoms with E-state index in [2.05, 4.69) is 29.7 Å². The molecule has 178 valence electrons. The van der Waals surface area contributed by atoms with Gasteiger partial charge in [0, 0.05) is 13.1 Å². The standard InChI is InChI=1S/C24H35N3O4.HI/c1-6-25-24(26-14-18(2)16-31-17-19-10-8-7-9-11-19)27-15-20-12-21(28-3)23(30-5)22(13-20)29-4;/h7-13,18H,6,14-17H2,1-5H3,(H2,25,26,27);1H. The molecule has 2 aromatic rings. The van der Waals surface area contributed by atoms with Gasteiger partial charge in [0.05, 0.1) is 41.1 Å². The molecule has 1 unspecified atom stereocenters. The van der Waals surface area contributed by atoms with Crippen LogP contribution in [0.1, 0.15) is 25.0 Å². The first-order chi connectivity index (χ1) is 15.1. The molecule has 8 heteroatoms. The van der Waals surface area contributed by atoms with Crippen LogP contribution in [-0.4, -0.2) is 47.0 Å². The molecule has 0 spiro atoms. The number of aliphatic imine (C=N–C) groups is 1. The molecule has 2 rings (SSSR count). The summed E-state index contributed by atoms with van der Waals surface area (Å²) in [5.74, 6) is 2.91. The number of ether oxygens (including phenoxy) is 4. The molecule has 2 aromatic carbocycles. The van der Waals surface area contributed by atoms with E-state index in [0.29, 0.717) is 42.9 Å². The topological polar surface area (TPSA) is 73.3 Å². The summed E-state index contributed by atoms with van der Waals surface area (Å²) >= 11 is 0. The zero-order valence-corrected chi connectivity index (χ0v) is 22.0. The Balaban J connectivity index is 0.00000512. The van der Waals surface area contributed by atoms with Crippen molar-refractivity contribution in [1.82, 2.24) is 10.6 Å². The minimum atomic E-state index is 0. The molecule has 0 aliphatic carbocycles. The molecule has 7 nitrogen and oxygen atoms in total. The first-order valence-corrected chi connectivity index (χ1v) is 10.5. The van der Waals surface area contributed by atoms with E-state index in [1.54, 1.807) is 21.3 Å². The number of rotatable bonds is 12. The molecule has 0 bridgehead atoms. The largest absolute Gasteiger partial charge is 0.493 e. The molecule has 0 aliphatic rings. The number of nitrogens with zero attached hydrogens (tertiary/aromatic N) is 1. The van der Waals surface area contributed by atoms with Crippen LogP contribution in [0, 0.1) is 5.92 Å². The fourth-order valence-electron chi connectivity index (χ4n) is 3.02. The first-order valence-electron chi connectivity index (χ1n) is 10.5. The van der Waals surface area contributed by atoms with Crippen molar-refractivity contribution < 1.29 is 18.9 Å². The van der Waals surface area contributed by atoms with Crippen LogP contribution in [0.4, 0.5) is 0 Å². The molecular weight excluding hydrogens is 521 g/mol. The SMILES string of the molecule is CCNC(=NCc1cc(OC)c(OC)c(OC)c1)NCC(C)COCc1ccccc1.I. The monoisotopic (exact) mass is 557 g/mol. The van der Waals surface area contributed by atoms with Gasteiger partial charge >= 0.3 is 0 Å². The van der Waals surface area contributed by atoms with Gasteiger partial charge in [-0.05, 0) is 36.1 Å². The number of hydrogen-bond donors (Lipinski definition) is 2. The van der Waals surface area contributed by atoms with Crippen LogP contribution in [0.3, 0.4) is 0 Å². The Kier molecular flexibility index (Phi) is 13.5. The Morgan fingerprint density at radius 3 is 2.16 bits per heavy atom. The highest BCUT2D eigenvalue weighted by molar-refractivity contribution is 14.0. The zero-order chi connectivity index (χ0) is 22.5. The molecule has 0 aromatic heterocycles. The summed E-state index contributed by atoms with van der Waals surface area (Å²) in [6.45, 7) is 7.51. The van der Waals surface area contributed by atoms with Gasteiger partial charge in [0.1, 0.15) is 0 Å². The van der Waals surface area contributed by atoms with E-state index in [1.165, 1.54) is 5.56 Å². The lowest BCUT2D eigenvalue weighted by molar-refractivity contribution is 0.0931. The van der Waals surface area contributed by atoms with E-state index in [1.807, 2.05) is 37.3 Å². The summed E-state index contributed by atoms with van der Waals surface area (Å²) in [6.07, 6.45) is 0. The van der Waals surface area contributed by atoms with E-state index in [0.717, 1.165) is 24.6 Å². The zero-order valence-electron chi connectivity index (χ0n) is 19.6. The van der Waals surface area contributed by atoms with Gasteiger partial charge < -0.3 is 29.6 Å². The number of benzene rings is 2. The van der Waals surface area contributed by atoms with Crippen molar-refractivity contribution in [2.75, 3.05) is 41.0 Å². The third-order valence-corrected chi connectivity index (χ3v) is 4.62. The van der Waals surface area contributed by atoms with Crippen LogP contribution in [0.5, 0.6) is 17.2 Å². The highest BCUT2D eigenvalue weighted by Gasteiger charge is 2.13. The molecule has 0 amide bonds. The molecular formula is C24H36IN3O4. The molecule has 1 atom stereocenters. The van der Waals surface area contributed by atoms with E-state index in [4.69, 9.17) is 23.9 Å². The summed E-state index contributed by atoms with van der Waals surface area (Å²) in [5, 5.41) is 6.67. The Labute approximate surface area is 208 Å². The fraction of sp³-hybridized carbons (Fsp3) is 0.458. The molecule has 32 heavy (non-hydrogen) atoms. The van der Waals surface area contributed by atoms with Crippen LogP contribution < -0.4 is 24.8 Å². The maximum atomic E-state index is 5.84. The van der Waals surface area contributed by atoms with Crippen molar-refractivity contribution >= 4 is 29.9 Å². The molecule has 0 aliphatic heterocycles. The van der Waals surface area contributed by atoms with Gasteiger partial charge in [-0.1, -0.05) is 37.3 Å². The summed E-state index contributed by atoms with van der Waals surface area (Å²) in [7, 11) is 4.81. The van der Waals surface area contributed by atoms with Crippen molar-refractivity contribution in [3.05, 3.63) is 53.6 Å². The maximum absolute atomic E-state index is 5.84. The second kappa shape index (κ2) is 15.6. The lowest BCUT2D eigenvalue weighted by atomic mass is 10.2. The first kappa shape index (κ1) is 27.8. The van der Waals surface area contributed by atoms with Crippen molar-refractivity contribution in [3.8, 4) is 17.2 Å². The van der Waals surface area contributed by atoms with Gasteiger partial charge in [-0.3, -0.25) is 0 Å². The lowest BCUT2D eigenvalue weighted by Gasteiger charge is -2.17. The predicted octanol–water partition coefficient (Wildman–Crippen LogP) is 4.24. The van der Waals surface area contributed by atoms with Crippen LogP contribution in [0.25, 0.3) is 0 Å². The van der Waals surface area contributed by atoms with Crippen molar-refractivity contribution in [2.24, 2.45) is 10.9 Å². The number of guanidine groups is 1. The minimum absolute atomic E-state index is 0. The smallest absolute Gasteiger partial charge is 0.203 e. The van der Waals surface area contributed by atoms with Crippen LogP contribution in [0.15, 0.2) is 47.5 Å². The second-order valence-electron chi connectivity index (χ2n) is 7.22. The summed E-state index contributed by atoms with van der Waals surface area (Å²) in [5.41, 5.74) is 2.15. The van der Waals surface area contributed by atoms with Crippen molar-refractivity contribution in [3.63, 3.8) is 0 Å². The molecule has 0 fully saturated rings. The van der Waals surface area contributed by atoms with Crippen LogP contribution >= 0.6 is 24.0 Å². The summed E-state index contributed by atoms with van der Waals surface area (Å²) in [4.78, 5) is 4.69. The lowest BCUT2D eigenvalue weighted by Crippen LogP contribution is -2.40. The number of halogens is 1. The van der Waals surface area contributed by atoms with E-state index in [9.17, 15) is 0 Å². The minimum Gasteiger partial charge on any atom is -0.493 e. The molecule has 0 heterocycles.